The molecule has 0 aliphatic heterocycles. The number of nitrogens with one attached hydrogen (secondary N) is 1. The van der Waals surface area contributed by atoms with E-state index < -0.39 is 0 Å². The highest BCUT2D eigenvalue weighted by Crippen LogP contribution is 2.40. The van der Waals surface area contributed by atoms with Gasteiger partial charge < -0.3 is 9.88 Å². The highest BCUT2D eigenvalue weighted by molar-refractivity contribution is 5.95. The highest BCUT2D eigenvalue weighted by Gasteiger charge is 2.35. The number of aryl methyl sites for hydroxylation is 1. The molecule has 3 heterocycles. The number of imidazole rings is 1. The molecular weight excluding hydrogens is 282 g/mol. The predicted octanol–water partition coefficient (Wildman–Crippen LogP) is 0.739. The number of nitrogens with zero attached hydrogens (tertiary/aromatic N) is 6. The fourth-order valence-corrected chi connectivity index (χ4v) is 2.61. The van der Waals surface area contributed by atoms with E-state index in [2.05, 4.69) is 25.8 Å². The van der Waals surface area contributed by atoms with Crippen LogP contribution in [0.25, 0.3) is 5.65 Å². The van der Waals surface area contributed by atoms with Crippen LogP contribution in [0.4, 0.5) is 0 Å². The van der Waals surface area contributed by atoms with E-state index in [1.54, 1.807) is 24.5 Å². The Balaban J connectivity index is 1.60. The minimum Gasteiger partial charge on any atom is -0.342 e. The second kappa shape index (κ2) is 4.90. The molecular formula is C14H15N7O. The Morgan fingerprint density at radius 3 is 3.00 bits per heavy atom. The molecule has 3 aromatic rings. The van der Waals surface area contributed by atoms with Gasteiger partial charge in [0.1, 0.15) is 5.82 Å². The van der Waals surface area contributed by atoms with Crippen LogP contribution in [0.1, 0.15) is 35.1 Å². The van der Waals surface area contributed by atoms with Crippen LogP contribution in [0.15, 0.2) is 30.7 Å². The fraction of sp³-hybridized carbons (Fsp3) is 0.357. The van der Waals surface area contributed by atoms with Crippen LogP contribution < -0.4 is 5.32 Å². The molecule has 0 radical (unpaired) electrons. The van der Waals surface area contributed by atoms with Crippen molar-refractivity contribution >= 4 is 11.6 Å². The smallest absolute Gasteiger partial charge is 0.252 e. The van der Waals surface area contributed by atoms with E-state index in [9.17, 15) is 4.79 Å². The Labute approximate surface area is 126 Å². The number of carbonyl (C=O) groups is 1. The summed E-state index contributed by atoms with van der Waals surface area (Å²) in [7, 11) is 1.94. The second-order valence-electron chi connectivity index (χ2n) is 5.58. The van der Waals surface area contributed by atoms with Gasteiger partial charge in [-0.05, 0) is 41.3 Å². The molecule has 0 saturated heterocycles. The van der Waals surface area contributed by atoms with E-state index in [1.165, 1.54) is 4.52 Å². The molecule has 3 aromatic heterocycles. The van der Waals surface area contributed by atoms with Crippen LogP contribution in [0.3, 0.4) is 0 Å². The molecule has 22 heavy (non-hydrogen) atoms. The summed E-state index contributed by atoms with van der Waals surface area (Å²) in [6.07, 6.45) is 7.56. The zero-order chi connectivity index (χ0) is 15.1. The molecule has 1 aliphatic rings. The Bertz CT molecular complexity index is 832. The zero-order valence-corrected chi connectivity index (χ0v) is 12.0. The SMILES string of the molecule is Cn1ccnc1C(NC(=O)c1ccn2nnnc2c1)C1CC1. The van der Waals surface area contributed by atoms with Gasteiger partial charge in [-0.2, -0.15) is 0 Å². The lowest BCUT2D eigenvalue weighted by molar-refractivity contribution is 0.0929. The minimum atomic E-state index is -0.134. The van der Waals surface area contributed by atoms with Crippen LogP contribution in [0.5, 0.6) is 0 Å². The Morgan fingerprint density at radius 2 is 2.27 bits per heavy atom. The first-order valence-corrected chi connectivity index (χ1v) is 7.18. The van der Waals surface area contributed by atoms with E-state index in [4.69, 9.17) is 0 Å². The highest BCUT2D eigenvalue weighted by atomic mass is 16.1. The monoisotopic (exact) mass is 297 g/mol. The number of pyridine rings is 1. The first kappa shape index (κ1) is 12.9. The standard InChI is InChI=1S/C14H15N7O/c1-20-7-5-15-13(20)12(9-2-3-9)16-14(22)10-4-6-21-11(8-10)17-18-19-21/h4-9,12H,2-3H2,1H3,(H,16,22). The quantitative estimate of drug-likeness (QED) is 0.767. The molecule has 112 valence electrons. The molecule has 0 spiro atoms. The minimum absolute atomic E-state index is 0.0558. The summed E-state index contributed by atoms with van der Waals surface area (Å²) in [6, 6.07) is 3.33. The van der Waals surface area contributed by atoms with E-state index >= 15 is 0 Å². The number of rotatable bonds is 4. The molecule has 1 atom stereocenters. The van der Waals surface area contributed by atoms with E-state index in [1.807, 2.05) is 17.8 Å². The lowest BCUT2D eigenvalue weighted by atomic mass is 10.1. The van der Waals surface area contributed by atoms with E-state index in [-0.39, 0.29) is 11.9 Å². The third kappa shape index (κ3) is 2.22. The predicted molar refractivity (Wildman–Crippen MR) is 76.9 cm³/mol. The Kier molecular flexibility index (Phi) is 2.88. The molecule has 1 unspecified atom stereocenters. The van der Waals surface area contributed by atoms with Crippen LogP contribution >= 0.6 is 0 Å². The van der Waals surface area contributed by atoms with Gasteiger partial charge in [-0.25, -0.2) is 9.50 Å². The largest absolute Gasteiger partial charge is 0.342 e. The van der Waals surface area contributed by atoms with Gasteiger partial charge in [0.05, 0.1) is 6.04 Å². The molecule has 8 nitrogen and oxygen atoms in total. The lowest BCUT2D eigenvalue weighted by Crippen LogP contribution is -2.31. The van der Waals surface area contributed by atoms with Crippen LogP contribution in [-0.2, 0) is 7.05 Å². The number of hydrogen-bond acceptors (Lipinski definition) is 5. The van der Waals surface area contributed by atoms with Gasteiger partial charge in [0.2, 0.25) is 0 Å². The van der Waals surface area contributed by atoms with Gasteiger partial charge in [-0.15, -0.1) is 5.10 Å². The van der Waals surface area contributed by atoms with E-state index in [0.717, 1.165) is 18.7 Å². The first-order valence-electron chi connectivity index (χ1n) is 7.18. The summed E-state index contributed by atoms with van der Waals surface area (Å²) in [6.45, 7) is 0. The summed E-state index contributed by atoms with van der Waals surface area (Å²) >= 11 is 0. The number of aromatic nitrogens is 6. The number of fused-ring (bicyclic) bond motifs is 1. The molecule has 8 heteroatoms. The van der Waals surface area contributed by atoms with Gasteiger partial charge in [0.15, 0.2) is 5.65 Å². The van der Waals surface area contributed by atoms with Crippen LogP contribution in [0, 0.1) is 5.92 Å². The Hall–Kier alpha value is -2.77. The van der Waals surface area contributed by atoms with Gasteiger partial charge in [0, 0.05) is 31.2 Å². The van der Waals surface area contributed by atoms with Crippen molar-refractivity contribution in [2.45, 2.75) is 18.9 Å². The Morgan fingerprint density at radius 1 is 1.41 bits per heavy atom. The first-order chi connectivity index (χ1) is 10.7. The van der Waals surface area contributed by atoms with Crippen molar-refractivity contribution in [2.24, 2.45) is 13.0 Å². The van der Waals surface area contributed by atoms with Gasteiger partial charge in [0.25, 0.3) is 5.91 Å². The summed E-state index contributed by atoms with van der Waals surface area (Å²) in [5.41, 5.74) is 1.09. The maximum atomic E-state index is 12.5. The summed E-state index contributed by atoms with van der Waals surface area (Å²) in [5, 5.41) is 14.3. The summed E-state index contributed by atoms with van der Waals surface area (Å²) in [4.78, 5) is 16.9. The third-order valence-corrected chi connectivity index (χ3v) is 3.98. The molecule has 1 saturated carbocycles. The molecule has 0 aromatic carbocycles. The average molecular weight is 297 g/mol. The molecule has 1 N–H and O–H groups in total. The average Bonchev–Trinajstić information content (AvgIpc) is 3.10. The van der Waals surface area contributed by atoms with Crippen molar-refractivity contribution in [1.29, 1.82) is 0 Å². The van der Waals surface area contributed by atoms with Gasteiger partial charge in [-0.1, -0.05) is 0 Å². The maximum absolute atomic E-state index is 12.5. The maximum Gasteiger partial charge on any atom is 0.252 e. The lowest BCUT2D eigenvalue weighted by Gasteiger charge is -2.18. The normalized spacial score (nSPS) is 15.9. The van der Waals surface area contributed by atoms with Crippen molar-refractivity contribution in [3.63, 3.8) is 0 Å². The molecule has 1 aliphatic carbocycles. The van der Waals surface area contributed by atoms with Gasteiger partial charge >= 0.3 is 0 Å². The molecule has 4 rings (SSSR count). The van der Waals surface area contributed by atoms with Gasteiger partial charge in [-0.3, -0.25) is 4.79 Å². The van der Waals surface area contributed by atoms with Crippen molar-refractivity contribution < 1.29 is 4.79 Å². The van der Waals surface area contributed by atoms with Crippen molar-refractivity contribution in [2.75, 3.05) is 0 Å². The third-order valence-electron chi connectivity index (χ3n) is 3.98. The summed E-state index contributed by atoms with van der Waals surface area (Å²) < 4.78 is 3.48. The number of tetrazole rings is 1. The molecule has 1 amide bonds. The number of amides is 1. The number of carbonyl (C=O) groups excluding carboxylic acids is 1. The second-order valence-corrected chi connectivity index (χ2v) is 5.58. The van der Waals surface area contributed by atoms with Crippen molar-refractivity contribution in [1.82, 2.24) is 34.9 Å². The fourth-order valence-electron chi connectivity index (χ4n) is 2.61. The van der Waals surface area contributed by atoms with Crippen molar-refractivity contribution in [3.8, 4) is 0 Å². The molecule has 1 fully saturated rings. The number of hydrogen-bond donors (Lipinski definition) is 1. The summed E-state index contributed by atoms with van der Waals surface area (Å²) in [5.74, 6) is 1.22. The zero-order valence-electron chi connectivity index (χ0n) is 12.0. The van der Waals surface area contributed by atoms with Crippen molar-refractivity contribution in [3.05, 3.63) is 42.1 Å². The van der Waals surface area contributed by atoms with Crippen LogP contribution in [-0.4, -0.2) is 35.5 Å². The molecule has 0 bridgehead atoms. The van der Waals surface area contributed by atoms with Crippen LogP contribution in [0.2, 0.25) is 0 Å². The van der Waals surface area contributed by atoms with E-state index in [0.29, 0.717) is 17.1 Å². The topological polar surface area (TPSA) is 90.0 Å².